The SMILES string of the molecule is N=c1cc[cH-]c(N)n1.[Mn]. The first-order valence-corrected chi connectivity index (χ1v) is 2.23. The zero-order chi connectivity index (χ0) is 5.98. The largest absolute Gasteiger partial charge is 0.399 e. The monoisotopic (exact) mass is 163 g/mol. The van der Waals surface area contributed by atoms with Gasteiger partial charge in [0.2, 0.25) is 0 Å². The van der Waals surface area contributed by atoms with E-state index in [9.17, 15) is 0 Å². The van der Waals surface area contributed by atoms with Crippen molar-refractivity contribution in [2.24, 2.45) is 0 Å². The van der Waals surface area contributed by atoms with Gasteiger partial charge in [-0.1, -0.05) is 0 Å². The zero-order valence-corrected chi connectivity index (χ0v) is 5.82. The maximum atomic E-state index is 6.94. The molecule has 1 heterocycles. The Bertz CT molecular complexity index is 230. The Morgan fingerprint density at radius 2 is 2.33 bits per heavy atom. The molecule has 9 heavy (non-hydrogen) atoms. The Hall–Kier alpha value is -0.731. The Balaban J connectivity index is 0.000000640. The standard InChI is InChI=1S/C5H6N3.Mn/c6-4-2-1-3-5(7)8-4;/h1-3H,(H3,6,7,8);/q-1;. The maximum Gasteiger partial charge on any atom is 0.0631 e. The van der Waals surface area contributed by atoms with E-state index in [1.807, 2.05) is 0 Å². The van der Waals surface area contributed by atoms with Crippen LogP contribution >= 0.6 is 0 Å². The molecule has 0 fully saturated rings. The van der Waals surface area contributed by atoms with Crippen LogP contribution in [-0.2, 0) is 17.1 Å². The van der Waals surface area contributed by atoms with Crippen LogP contribution in [0.15, 0.2) is 18.2 Å². The van der Waals surface area contributed by atoms with E-state index in [1.54, 1.807) is 18.2 Å². The summed E-state index contributed by atoms with van der Waals surface area (Å²) in [7, 11) is 0. The molecule has 4 heteroatoms. The molecular formula is C5H6MnN3-. The fourth-order valence-corrected chi connectivity index (χ4v) is 0.451. The summed E-state index contributed by atoms with van der Waals surface area (Å²) < 4.78 is 0. The molecule has 49 valence electrons. The predicted octanol–water partition coefficient (Wildman–Crippen LogP) is -0.140. The van der Waals surface area contributed by atoms with Gasteiger partial charge in [0.1, 0.15) is 0 Å². The number of pyridine rings is 1. The van der Waals surface area contributed by atoms with Crippen molar-refractivity contribution in [3.63, 3.8) is 0 Å². The van der Waals surface area contributed by atoms with Crippen molar-refractivity contribution < 1.29 is 17.1 Å². The molecule has 1 radical (unpaired) electrons. The van der Waals surface area contributed by atoms with Gasteiger partial charge in [-0.2, -0.15) is 12.1 Å². The summed E-state index contributed by atoms with van der Waals surface area (Å²) in [5, 5.41) is 6.94. The van der Waals surface area contributed by atoms with Crippen LogP contribution in [0.5, 0.6) is 0 Å². The topological polar surface area (TPSA) is 62.8 Å². The third-order valence-electron chi connectivity index (χ3n) is 0.771. The first-order valence-electron chi connectivity index (χ1n) is 2.23. The minimum atomic E-state index is 0. The second-order valence-electron chi connectivity index (χ2n) is 1.45. The van der Waals surface area contributed by atoms with Crippen molar-refractivity contribution in [2.75, 3.05) is 5.73 Å². The Kier molecular flexibility index (Phi) is 3.06. The minimum absolute atomic E-state index is 0. The molecule has 0 aliphatic rings. The first-order chi connectivity index (χ1) is 3.79. The van der Waals surface area contributed by atoms with Gasteiger partial charge in [0.15, 0.2) is 0 Å². The second kappa shape index (κ2) is 3.33. The number of nitrogen functional groups attached to an aromatic ring is 1. The molecule has 0 bridgehead atoms. The van der Waals surface area contributed by atoms with Gasteiger partial charge in [0.25, 0.3) is 0 Å². The number of nitrogens with two attached hydrogens (primary N) is 1. The third kappa shape index (κ3) is 2.35. The van der Waals surface area contributed by atoms with Crippen molar-refractivity contribution in [3.05, 3.63) is 23.7 Å². The molecule has 1 aromatic heterocycles. The molecule has 0 saturated heterocycles. The van der Waals surface area contributed by atoms with E-state index in [1.165, 1.54) is 0 Å². The Morgan fingerprint density at radius 3 is 2.67 bits per heavy atom. The summed E-state index contributed by atoms with van der Waals surface area (Å²) in [6, 6.07) is 4.93. The number of hydrogen-bond donors (Lipinski definition) is 2. The molecule has 0 aromatic carbocycles. The molecule has 0 amide bonds. The number of hydrogen-bond acceptors (Lipinski definition) is 3. The average molecular weight is 163 g/mol. The molecule has 0 spiro atoms. The van der Waals surface area contributed by atoms with E-state index in [0.29, 0.717) is 5.82 Å². The van der Waals surface area contributed by atoms with Gasteiger partial charge in [0.05, 0.1) is 5.49 Å². The normalized spacial score (nSPS) is 8.00. The van der Waals surface area contributed by atoms with E-state index in [4.69, 9.17) is 11.1 Å². The van der Waals surface area contributed by atoms with Gasteiger partial charge < -0.3 is 11.1 Å². The molecule has 0 unspecified atom stereocenters. The average Bonchev–Trinajstić information content (AvgIpc) is 1.64. The van der Waals surface area contributed by atoms with Crippen LogP contribution in [0.2, 0.25) is 0 Å². The number of aromatic nitrogens is 1. The van der Waals surface area contributed by atoms with Crippen molar-refractivity contribution in [1.29, 1.82) is 5.41 Å². The Labute approximate surface area is 63.3 Å². The summed E-state index contributed by atoms with van der Waals surface area (Å²) in [5.41, 5.74) is 5.44. The molecule has 3 nitrogen and oxygen atoms in total. The van der Waals surface area contributed by atoms with Crippen molar-refractivity contribution in [1.82, 2.24) is 4.98 Å². The number of rotatable bonds is 0. The third-order valence-corrected chi connectivity index (χ3v) is 0.771. The molecule has 0 atom stereocenters. The smallest absolute Gasteiger partial charge is 0.0631 e. The van der Waals surface area contributed by atoms with Gasteiger partial charge >= 0.3 is 0 Å². The minimum Gasteiger partial charge on any atom is -0.399 e. The summed E-state index contributed by atoms with van der Waals surface area (Å²) in [4.78, 5) is 3.62. The molecule has 0 saturated carbocycles. The molecule has 0 aliphatic carbocycles. The van der Waals surface area contributed by atoms with Crippen LogP contribution in [-0.4, -0.2) is 4.98 Å². The summed E-state index contributed by atoms with van der Waals surface area (Å²) in [5.74, 6) is 0.400. The van der Waals surface area contributed by atoms with E-state index in [0.717, 1.165) is 0 Å². The van der Waals surface area contributed by atoms with Crippen LogP contribution in [0.25, 0.3) is 0 Å². The van der Waals surface area contributed by atoms with E-state index >= 15 is 0 Å². The fourth-order valence-electron chi connectivity index (χ4n) is 0.451. The van der Waals surface area contributed by atoms with Crippen LogP contribution in [0, 0.1) is 5.41 Å². The van der Waals surface area contributed by atoms with Crippen LogP contribution in [0.4, 0.5) is 5.82 Å². The van der Waals surface area contributed by atoms with Gasteiger partial charge in [-0.05, 0) is 0 Å². The molecule has 3 N–H and O–H groups in total. The Morgan fingerprint density at radius 1 is 1.67 bits per heavy atom. The maximum absolute atomic E-state index is 6.94. The second-order valence-corrected chi connectivity index (χ2v) is 1.45. The van der Waals surface area contributed by atoms with Gasteiger partial charge in [0, 0.05) is 22.9 Å². The summed E-state index contributed by atoms with van der Waals surface area (Å²) >= 11 is 0. The molecule has 1 aromatic rings. The van der Waals surface area contributed by atoms with Gasteiger partial charge in [-0.15, -0.1) is 0 Å². The quantitative estimate of drug-likeness (QED) is 0.413. The summed E-state index contributed by atoms with van der Waals surface area (Å²) in [6.07, 6.45) is 0. The van der Waals surface area contributed by atoms with Gasteiger partial charge in [-0.25, -0.2) is 6.07 Å². The van der Waals surface area contributed by atoms with E-state index in [-0.39, 0.29) is 22.6 Å². The molecule has 0 aliphatic heterocycles. The zero-order valence-electron chi connectivity index (χ0n) is 4.63. The van der Waals surface area contributed by atoms with Crippen molar-refractivity contribution in [2.45, 2.75) is 0 Å². The number of anilines is 1. The van der Waals surface area contributed by atoms with Crippen molar-refractivity contribution in [3.8, 4) is 0 Å². The first kappa shape index (κ1) is 8.27. The van der Waals surface area contributed by atoms with Crippen LogP contribution < -0.4 is 11.2 Å². The van der Waals surface area contributed by atoms with E-state index < -0.39 is 0 Å². The molecular weight excluding hydrogens is 157 g/mol. The number of nitrogens with one attached hydrogen (secondary N) is 1. The van der Waals surface area contributed by atoms with Gasteiger partial charge in [-0.3, -0.25) is 4.98 Å². The predicted molar refractivity (Wildman–Crippen MR) is 30.1 cm³/mol. The summed E-state index contributed by atoms with van der Waals surface area (Å²) in [6.45, 7) is 0. The van der Waals surface area contributed by atoms with Crippen molar-refractivity contribution >= 4 is 5.82 Å². The van der Waals surface area contributed by atoms with Crippen LogP contribution in [0.3, 0.4) is 0 Å². The van der Waals surface area contributed by atoms with Crippen LogP contribution in [0.1, 0.15) is 0 Å². The van der Waals surface area contributed by atoms with E-state index in [2.05, 4.69) is 4.98 Å². The molecule has 1 rings (SSSR count). The number of nitrogens with zero attached hydrogens (tertiary/aromatic N) is 1. The fraction of sp³-hybridized carbons (Fsp3) is 0.